The maximum atomic E-state index is 11.6. The van der Waals surface area contributed by atoms with Gasteiger partial charge in [0, 0.05) is 11.7 Å². The SMILES string of the molecule is CC[C@@H](C)NC(=O)C(=O)Nc1ccccc1C. The maximum Gasteiger partial charge on any atom is 0.313 e. The molecule has 0 spiro atoms. The van der Waals surface area contributed by atoms with Crippen molar-refractivity contribution in [3.8, 4) is 0 Å². The van der Waals surface area contributed by atoms with E-state index in [1.165, 1.54) is 0 Å². The number of para-hydroxylation sites is 1. The first-order chi connectivity index (χ1) is 8.04. The van der Waals surface area contributed by atoms with Gasteiger partial charge in [0.25, 0.3) is 0 Å². The van der Waals surface area contributed by atoms with Gasteiger partial charge in [-0.15, -0.1) is 0 Å². The fraction of sp³-hybridized carbons (Fsp3) is 0.385. The lowest BCUT2D eigenvalue weighted by molar-refractivity contribution is -0.136. The molecule has 1 aromatic rings. The molecule has 0 fully saturated rings. The normalized spacial score (nSPS) is 11.7. The average Bonchev–Trinajstić information content (AvgIpc) is 2.31. The minimum Gasteiger partial charge on any atom is -0.345 e. The molecule has 92 valence electrons. The summed E-state index contributed by atoms with van der Waals surface area (Å²) >= 11 is 0. The van der Waals surface area contributed by atoms with E-state index in [2.05, 4.69) is 10.6 Å². The second-order valence-electron chi connectivity index (χ2n) is 4.05. The number of anilines is 1. The van der Waals surface area contributed by atoms with E-state index >= 15 is 0 Å². The summed E-state index contributed by atoms with van der Waals surface area (Å²) in [7, 11) is 0. The fourth-order valence-electron chi connectivity index (χ4n) is 1.28. The molecular weight excluding hydrogens is 216 g/mol. The van der Waals surface area contributed by atoms with E-state index in [0.29, 0.717) is 5.69 Å². The highest BCUT2D eigenvalue weighted by atomic mass is 16.2. The second kappa shape index (κ2) is 6.03. The van der Waals surface area contributed by atoms with Crippen molar-refractivity contribution < 1.29 is 9.59 Å². The summed E-state index contributed by atoms with van der Waals surface area (Å²) in [5.41, 5.74) is 1.59. The Morgan fingerprint density at radius 3 is 2.47 bits per heavy atom. The van der Waals surface area contributed by atoms with Crippen molar-refractivity contribution in [2.24, 2.45) is 0 Å². The van der Waals surface area contributed by atoms with E-state index in [0.717, 1.165) is 12.0 Å². The second-order valence-corrected chi connectivity index (χ2v) is 4.05. The van der Waals surface area contributed by atoms with Gasteiger partial charge in [0.05, 0.1) is 0 Å². The molecule has 0 saturated heterocycles. The van der Waals surface area contributed by atoms with E-state index in [-0.39, 0.29) is 6.04 Å². The molecule has 17 heavy (non-hydrogen) atoms. The number of rotatable bonds is 3. The summed E-state index contributed by atoms with van der Waals surface area (Å²) in [6, 6.07) is 7.34. The zero-order valence-electron chi connectivity index (χ0n) is 10.4. The van der Waals surface area contributed by atoms with Crippen LogP contribution in [0.25, 0.3) is 0 Å². The number of hydrogen-bond donors (Lipinski definition) is 2. The van der Waals surface area contributed by atoms with Crippen LogP contribution in [0.1, 0.15) is 25.8 Å². The van der Waals surface area contributed by atoms with Gasteiger partial charge in [-0.25, -0.2) is 0 Å². The standard InChI is InChI=1S/C13H18N2O2/c1-4-10(3)14-12(16)13(17)15-11-8-6-5-7-9(11)2/h5-8,10H,4H2,1-3H3,(H,14,16)(H,15,17)/t10-/m1/s1. The van der Waals surface area contributed by atoms with Crippen molar-refractivity contribution in [2.45, 2.75) is 33.2 Å². The van der Waals surface area contributed by atoms with Gasteiger partial charge in [-0.3, -0.25) is 9.59 Å². The van der Waals surface area contributed by atoms with Crippen molar-refractivity contribution in [2.75, 3.05) is 5.32 Å². The first kappa shape index (κ1) is 13.2. The van der Waals surface area contributed by atoms with Gasteiger partial charge in [-0.2, -0.15) is 0 Å². The van der Waals surface area contributed by atoms with Crippen LogP contribution in [-0.4, -0.2) is 17.9 Å². The Bertz CT molecular complexity index is 416. The van der Waals surface area contributed by atoms with Gasteiger partial charge >= 0.3 is 11.8 Å². The summed E-state index contributed by atoms with van der Waals surface area (Å²) < 4.78 is 0. The van der Waals surface area contributed by atoms with Gasteiger partial charge in [0.15, 0.2) is 0 Å². The van der Waals surface area contributed by atoms with Gasteiger partial charge in [-0.05, 0) is 31.9 Å². The molecule has 0 aliphatic heterocycles. The smallest absolute Gasteiger partial charge is 0.313 e. The van der Waals surface area contributed by atoms with E-state index < -0.39 is 11.8 Å². The van der Waals surface area contributed by atoms with Gasteiger partial charge < -0.3 is 10.6 Å². The Morgan fingerprint density at radius 1 is 1.24 bits per heavy atom. The molecule has 4 heteroatoms. The third kappa shape index (κ3) is 3.90. The number of nitrogens with one attached hydrogen (secondary N) is 2. The highest BCUT2D eigenvalue weighted by molar-refractivity contribution is 6.39. The fourth-order valence-corrected chi connectivity index (χ4v) is 1.28. The number of amides is 2. The minimum absolute atomic E-state index is 0.00474. The molecule has 2 amide bonds. The quantitative estimate of drug-likeness (QED) is 0.784. The number of hydrogen-bond acceptors (Lipinski definition) is 2. The number of carbonyl (C=O) groups is 2. The number of aryl methyl sites for hydroxylation is 1. The van der Waals surface area contributed by atoms with Gasteiger partial charge in [-0.1, -0.05) is 25.1 Å². The number of carbonyl (C=O) groups excluding carboxylic acids is 2. The maximum absolute atomic E-state index is 11.6. The van der Waals surface area contributed by atoms with Crippen molar-refractivity contribution in [1.82, 2.24) is 5.32 Å². The van der Waals surface area contributed by atoms with Crippen LogP contribution in [0.5, 0.6) is 0 Å². The predicted molar refractivity (Wildman–Crippen MR) is 67.7 cm³/mol. The molecule has 0 unspecified atom stereocenters. The summed E-state index contributed by atoms with van der Waals surface area (Å²) in [4.78, 5) is 23.1. The molecule has 2 N–H and O–H groups in total. The third-order valence-electron chi connectivity index (χ3n) is 2.59. The van der Waals surface area contributed by atoms with Gasteiger partial charge in [0.2, 0.25) is 0 Å². The zero-order valence-corrected chi connectivity index (χ0v) is 10.4. The van der Waals surface area contributed by atoms with E-state index in [4.69, 9.17) is 0 Å². The Kier molecular flexibility index (Phi) is 4.69. The van der Waals surface area contributed by atoms with Crippen LogP contribution in [0.4, 0.5) is 5.69 Å². The number of benzene rings is 1. The van der Waals surface area contributed by atoms with Gasteiger partial charge in [0.1, 0.15) is 0 Å². The molecule has 1 rings (SSSR count). The molecule has 4 nitrogen and oxygen atoms in total. The molecule has 0 aliphatic rings. The van der Waals surface area contributed by atoms with E-state index in [1.54, 1.807) is 6.07 Å². The topological polar surface area (TPSA) is 58.2 Å². The minimum atomic E-state index is -0.625. The summed E-state index contributed by atoms with van der Waals surface area (Å²) in [5, 5.41) is 5.21. The van der Waals surface area contributed by atoms with Crippen LogP contribution in [0.2, 0.25) is 0 Å². The Hall–Kier alpha value is -1.84. The predicted octanol–water partition coefficient (Wildman–Crippen LogP) is 1.85. The average molecular weight is 234 g/mol. The van der Waals surface area contributed by atoms with E-state index in [9.17, 15) is 9.59 Å². The lowest BCUT2D eigenvalue weighted by Gasteiger charge is -2.12. The molecule has 1 atom stereocenters. The molecule has 0 radical (unpaired) electrons. The highest BCUT2D eigenvalue weighted by Gasteiger charge is 2.15. The van der Waals surface area contributed by atoms with Crippen LogP contribution in [0.15, 0.2) is 24.3 Å². The first-order valence-electron chi connectivity index (χ1n) is 5.72. The lowest BCUT2D eigenvalue weighted by Crippen LogP contribution is -2.40. The van der Waals surface area contributed by atoms with E-state index in [1.807, 2.05) is 39.0 Å². The molecule has 0 aliphatic carbocycles. The molecule has 0 bridgehead atoms. The molecule has 0 aromatic heterocycles. The van der Waals surface area contributed by atoms with Crippen LogP contribution in [0, 0.1) is 6.92 Å². The zero-order chi connectivity index (χ0) is 12.8. The van der Waals surface area contributed by atoms with Crippen molar-refractivity contribution in [3.63, 3.8) is 0 Å². The molecule has 0 heterocycles. The van der Waals surface area contributed by atoms with Crippen LogP contribution in [-0.2, 0) is 9.59 Å². The van der Waals surface area contributed by atoms with Crippen LogP contribution >= 0.6 is 0 Å². The van der Waals surface area contributed by atoms with Crippen molar-refractivity contribution in [1.29, 1.82) is 0 Å². The highest BCUT2D eigenvalue weighted by Crippen LogP contribution is 2.12. The molecule has 0 saturated carbocycles. The van der Waals surface area contributed by atoms with Crippen LogP contribution < -0.4 is 10.6 Å². The molecular formula is C13H18N2O2. The summed E-state index contributed by atoms with van der Waals surface area (Å²) in [5.74, 6) is -1.22. The van der Waals surface area contributed by atoms with Crippen molar-refractivity contribution in [3.05, 3.63) is 29.8 Å². The van der Waals surface area contributed by atoms with Crippen LogP contribution in [0.3, 0.4) is 0 Å². The lowest BCUT2D eigenvalue weighted by atomic mass is 10.2. The summed E-state index contributed by atoms with van der Waals surface area (Å²) in [6.07, 6.45) is 0.795. The Balaban J connectivity index is 2.61. The monoisotopic (exact) mass is 234 g/mol. The first-order valence-corrected chi connectivity index (χ1v) is 5.72. The largest absolute Gasteiger partial charge is 0.345 e. The Labute approximate surface area is 101 Å². The van der Waals surface area contributed by atoms with Crippen molar-refractivity contribution >= 4 is 17.5 Å². The summed E-state index contributed by atoms with van der Waals surface area (Å²) in [6.45, 7) is 5.69. The Morgan fingerprint density at radius 2 is 1.88 bits per heavy atom. The third-order valence-corrected chi connectivity index (χ3v) is 2.59. The molecule has 1 aromatic carbocycles.